The summed E-state index contributed by atoms with van der Waals surface area (Å²) in [6.45, 7) is 0.369. The van der Waals surface area contributed by atoms with Gasteiger partial charge in [-0.1, -0.05) is 0 Å². The summed E-state index contributed by atoms with van der Waals surface area (Å²) >= 11 is 0. The second-order valence-electron chi connectivity index (χ2n) is 3.62. The van der Waals surface area contributed by atoms with Crippen molar-refractivity contribution >= 4 is 11.2 Å². The number of nitrogens with one attached hydrogen (secondary N) is 1. The quantitative estimate of drug-likeness (QED) is 0.902. The molecule has 4 nitrogen and oxygen atoms in total. The van der Waals surface area contributed by atoms with E-state index in [1.165, 1.54) is 0 Å². The van der Waals surface area contributed by atoms with Gasteiger partial charge in [0.25, 0.3) is 0 Å². The summed E-state index contributed by atoms with van der Waals surface area (Å²) in [6, 6.07) is 1.79. The van der Waals surface area contributed by atoms with Crippen LogP contribution in [-0.4, -0.2) is 27.7 Å². The number of aryl methyl sites for hydroxylation is 1. The number of alkyl halides is 3. The van der Waals surface area contributed by atoms with Gasteiger partial charge in [-0.25, -0.2) is 9.97 Å². The molecule has 0 aliphatic rings. The zero-order chi connectivity index (χ0) is 12.5. The van der Waals surface area contributed by atoms with Crippen molar-refractivity contribution in [3.63, 3.8) is 0 Å². The Hall–Kier alpha value is -1.63. The summed E-state index contributed by atoms with van der Waals surface area (Å²) in [6.07, 6.45) is -2.72. The predicted octanol–water partition coefficient (Wildman–Crippen LogP) is 2.35. The third-order valence-corrected chi connectivity index (χ3v) is 2.15. The Morgan fingerprint density at radius 3 is 2.82 bits per heavy atom. The van der Waals surface area contributed by atoms with Gasteiger partial charge < -0.3 is 9.72 Å². The van der Waals surface area contributed by atoms with Crippen LogP contribution in [0.1, 0.15) is 11.4 Å². The fourth-order valence-corrected chi connectivity index (χ4v) is 1.42. The maximum Gasteiger partial charge on any atom is 0.411 e. The van der Waals surface area contributed by atoms with Crippen LogP contribution in [0.15, 0.2) is 12.3 Å². The average molecular weight is 245 g/mol. The molecular formula is C10H10F3N3O. The molecule has 0 amide bonds. The molecule has 2 rings (SSSR count). The van der Waals surface area contributed by atoms with Crippen LogP contribution in [-0.2, 0) is 11.3 Å². The summed E-state index contributed by atoms with van der Waals surface area (Å²) in [7, 11) is 0. The minimum Gasteiger partial charge on any atom is -0.364 e. The normalized spacial score (nSPS) is 12.2. The molecule has 0 aliphatic carbocycles. The smallest absolute Gasteiger partial charge is 0.364 e. The van der Waals surface area contributed by atoms with E-state index in [0.29, 0.717) is 11.5 Å². The van der Waals surface area contributed by atoms with E-state index in [9.17, 15) is 13.2 Å². The van der Waals surface area contributed by atoms with Gasteiger partial charge in [0.1, 0.15) is 19.0 Å². The molecule has 0 fully saturated rings. The van der Waals surface area contributed by atoms with Crippen molar-refractivity contribution in [2.24, 2.45) is 0 Å². The third kappa shape index (κ3) is 2.94. The highest BCUT2D eigenvalue weighted by Gasteiger charge is 2.27. The Labute approximate surface area is 94.8 Å². The summed E-state index contributed by atoms with van der Waals surface area (Å²) in [4.78, 5) is 10.9. The number of hydrogen-bond acceptors (Lipinski definition) is 3. The number of hydrogen-bond donors (Lipinski definition) is 1. The van der Waals surface area contributed by atoms with Gasteiger partial charge in [-0.2, -0.15) is 13.2 Å². The van der Waals surface area contributed by atoms with Gasteiger partial charge in [-0.15, -0.1) is 0 Å². The molecule has 2 aromatic heterocycles. The molecule has 1 N–H and O–H groups in total. The second kappa shape index (κ2) is 4.33. The average Bonchev–Trinajstić information content (AvgIpc) is 2.60. The number of rotatable bonds is 3. The molecular weight excluding hydrogens is 235 g/mol. The number of H-pyrrole nitrogens is 1. The van der Waals surface area contributed by atoms with Crippen LogP contribution in [0.2, 0.25) is 0 Å². The lowest BCUT2D eigenvalue weighted by atomic mass is 10.3. The van der Waals surface area contributed by atoms with Crippen LogP contribution < -0.4 is 0 Å². The first-order valence-corrected chi connectivity index (χ1v) is 4.90. The number of imidazole rings is 1. The van der Waals surface area contributed by atoms with Gasteiger partial charge in [-0.05, 0) is 18.6 Å². The van der Waals surface area contributed by atoms with Gasteiger partial charge in [0, 0.05) is 6.20 Å². The fourth-order valence-electron chi connectivity index (χ4n) is 1.42. The second-order valence-corrected chi connectivity index (χ2v) is 3.62. The van der Waals surface area contributed by atoms with E-state index in [0.717, 1.165) is 11.1 Å². The Kier molecular flexibility index (Phi) is 3.01. The largest absolute Gasteiger partial charge is 0.411 e. The van der Waals surface area contributed by atoms with Crippen LogP contribution >= 0.6 is 0 Å². The zero-order valence-electron chi connectivity index (χ0n) is 9.01. The lowest BCUT2D eigenvalue weighted by Gasteiger charge is -2.05. The molecule has 0 bridgehead atoms. The summed E-state index contributed by atoms with van der Waals surface area (Å²) in [5, 5.41) is 0. The molecule has 2 aromatic rings. The van der Waals surface area contributed by atoms with Gasteiger partial charge in [0.15, 0.2) is 5.65 Å². The highest BCUT2D eigenvalue weighted by Crippen LogP contribution is 2.16. The monoisotopic (exact) mass is 245 g/mol. The topological polar surface area (TPSA) is 50.8 Å². The minimum atomic E-state index is -4.32. The molecule has 7 heteroatoms. The first kappa shape index (κ1) is 11.8. The molecule has 0 spiro atoms. The Morgan fingerprint density at radius 2 is 2.18 bits per heavy atom. The lowest BCUT2D eigenvalue weighted by molar-refractivity contribution is -0.177. The third-order valence-electron chi connectivity index (χ3n) is 2.15. The molecule has 92 valence electrons. The first-order valence-electron chi connectivity index (χ1n) is 4.90. The highest BCUT2D eigenvalue weighted by molar-refractivity contribution is 5.74. The maximum atomic E-state index is 11.9. The van der Waals surface area contributed by atoms with Gasteiger partial charge in [0.2, 0.25) is 0 Å². The van der Waals surface area contributed by atoms with Crippen molar-refractivity contribution in [1.29, 1.82) is 0 Å². The standard InChI is InChI=1S/C10H10F3N3O/c1-6-2-3-14-9-8(6)15-7(16-9)4-17-5-10(11,12)13/h2-3H,4-5H2,1H3,(H,14,15,16). The SMILES string of the molecule is Cc1ccnc2nc(COCC(F)(F)F)[nH]c12. The van der Waals surface area contributed by atoms with Crippen molar-refractivity contribution in [3.8, 4) is 0 Å². The Balaban J connectivity index is 2.07. The van der Waals surface area contributed by atoms with Crippen molar-refractivity contribution < 1.29 is 17.9 Å². The van der Waals surface area contributed by atoms with Gasteiger partial charge >= 0.3 is 6.18 Å². The number of halogens is 3. The number of fused-ring (bicyclic) bond motifs is 1. The summed E-state index contributed by atoms with van der Waals surface area (Å²) in [5.41, 5.74) is 2.14. The van der Waals surface area contributed by atoms with E-state index in [4.69, 9.17) is 0 Å². The number of nitrogens with zero attached hydrogens (tertiary/aromatic N) is 2. The molecule has 0 unspecified atom stereocenters. The van der Waals surface area contributed by atoms with Crippen LogP contribution in [0.3, 0.4) is 0 Å². The maximum absolute atomic E-state index is 11.9. The molecule has 17 heavy (non-hydrogen) atoms. The number of ether oxygens (including phenoxy) is 1. The van der Waals surface area contributed by atoms with E-state index >= 15 is 0 Å². The molecule has 0 saturated carbocycles. The lowest BCUT2D eigenvalue weighted by Crippen LogP contribution is -2.16. The van der Waals surface area contributed by atoms with E-state index in [1.807, 2.05) is 6.92 Å². The predicted molar refractivity (Wildman–Crippen MR) is 54.3 cm³/mol. The number of pyridine rings is 1. The molecule has 0 aliphatic heterocycles. The Morgan fingerprint density at radius 1 is 1.41 bits per heavy atom. The van der Waals surface area contributed by atoms with Crippen LogP contribution in [0.4, 0.5) is 13.2 Å². The van der Waals surface area contributed by atoms with Crippen molar-refractivity contribution in [3.05, 3.63) is 23.7 Å². The van der Waals surface area contributed by atoms with Gasteiger partial charge in [-0.3, -0.25) is 0 Å². The van der Waals surface area contributed by atoms with E-state index in [2.05, 4.69) is 19.7 Å². The van der Waals surface area contributed by atoms with Crippen molar-refractivity contribution in [2.75, 3.05) is 6.61 Å². The van der Waals surface area contributed by atoms with Crippen LogP contribution in [0.25, 0.3) is 11.2 Å². The molecule has 0 saturated heterocycles. The molecule has 0 aromatic carbocycles. The minimum absolute atomic E-state index is 0.213. The van der Waals surface area contributed by atoms with Crippen LogP contribution in [0, 0.1) is 6.92 Å². The van der Waals surface area contributed by atoms with E-state index in [-0.39, 0.29) is 6.61 Å². The molecule has 0 radical (unpaired) electrons. The zero-order valence-corrected chi connectivity index (χ0v) is 9.01. The first-order chi connectivity index (χ1) is 7.96. The van der Waals surface area contributed by atoms with Crippen LogP contribution in [0.5, 0.6) is 0 Å². The summed E-state index contributed by atoms with van der Waals surface area (Å²) in [5.74, 6) is 0.339. The van der Waals surface area contributed by atoms with E-state index < -0.39 is 12.8 Å². The van der Waals surface area contributed by atoms with Crippen molar-refractivity contribution in [1.82, 2.24) is 15.0 Å². The van der Waals surface area contributed by atoms with E-state index in [1.54, 1.807) is 12.3 Å². The molecule has 0 atom stereocenters. The number of aromatic nitrogens is 3. The molecule has 2 heterocycles. The van der Waals surface area contributed by atoms with Gasteiger partial charge in [0.05, 0.1) is 5.52 Å². The fraction of sp³-hybridized carbons (Fsp3) is 0.400. The Bertz CT molecular complexity index is 521. The van der Waals surface area contributed by atoms with Crippen molar-refractivity contribution in [2.45, 2.75) is 19.7 Å². The number of aromatic amines is 1. The highest BCUT2D eigenvalue weighted by atomic mass is 19.4. The summed E-state index contributed by atoms with van der Waals surface area (Å²) < 4.78 is 40.1.